The second-order valence-corrected chi connectivity index (χ2v) is 6.55. The summed E-state index contributed by atoms with van der Waals surface area (Å²) in [6, 6.07) is 7.59. The molecule has 1 aromatic carbocycles. The molecule has 4 nitrogen and oxygen atoms in total. The number of carbonyl (C=O) groups is 2. The lowest BCUT2D eigenvalue weighted by Crippen LogP contribution is -2.43. The van der Waals surface area contributed by atoms with E-state index in [0.29, 0.717) is 28.6 Å². The Labute approximate surface area is 135 Å². The van der Waals surface area contributed by atoms with Gasteiger partial charge in [-0.25, -0.2) is 9.13 Å². The summed E-state index contributed by atoms with van der Waals surface area (Å²) in [4.78, 5) is 26.1. The second kappa shape index (κ2) is 5.15. The van der Waals surface area contributed by atoms with Crippen LogP contribution >= 0.6 is 0 Å². The fourth-order valence-electron chi connectivity index (χ4n) is 3.65. The van der Waals surface area contributed by atoms with Crippen molar-refractivity contribution >= 4 is 11.6 Å². The molecule has 1 aromatic heterocycles. The number of hydrogen-bond donors (Lipinski definition) is 0. The molecule has 0 unspecified atom stereocenters. The SMILES string of the molecule is CCCC[n+]1c2c(n(C3CC3)c1C)C(=O)c1ccccc1C2=O. The molecule has 0 spiro atoms. The van der Waals surface area contributed by atoms with E-state index in [1.165, 1.54) is 0 Å². The number of rotatable bonds is 4. The number of fused-ring (bicyclic) bond motifs is 2. The zero-order valence-electron chi connectivity index (χ0n) is 13.6. The van der Waals surface area contributed by atoms with Crippen LogP contribution in [0.1, 0.15) is 76.6 Å². The molecule has 118 valence electrons. The lowest BCUT2D eigenvalue weighted by Gasteiger charge is -2.12. The maximum atomic E-state index is 13.1. The summed E-state index contributed by atoms with van der Waals surface area (Å²) in [5, 5.41) is 0. The van der Waals surface area contributed by atoms with E-state index in [-0.39, 0.29) is 11.6 Å². The second-order valence-electron chi connectivity index (χ2n) is 6.55. The van der Waals surface area contributed by atoms with Gasteiger partial charge >= 0.3 is 0 Å². The molecule has 2 aliphatic rings. The standard InChI is InChI=1S/C19H21N2O2/c1-3-4-11-20-12(2)21(13-9-10-13)17-16(20)18(22)14-7-5-6-8-15(14)19(17)23/h5-8,13H,3-4,9-11H2,1-2H3/q+1. The fourth-order valence-corrected chi connectivity index (χ4v) is 3.65. The molecule has 0 amide bonds. The number of carbonyl (C=O) groups excluding carboxylic acids is 2. The van der Waals surface area contributed by atoms with Crippen LogP contribution in [0.4, 0.5) is 0 Å². The lowest BCUT2D eigenvalue weighted by molar-refractivity contribution is -0.704. The Balaban J connectivity index is 1.97. The van der Waals surface area contributed by atoms with E-state index in [4.69, 9.17) is 0 Å². The van der Waals surface area contributed by atoms with Gasteiger partial charge in [-0.3, -0.25) is 9.59 Å². The van der Waals surface area contributed by atoms with Gasteiger partial charge in [0.25, 0.3) is 5.82 Å². The Hall–Kier alpha value is -2.23. The summed E-state index contributed by atoms with van der Waals surface area (Å²) in [5.74, 6) is 1.04. The minimum atomic E-state index is -0.00574. The van der Waals surface area contributed by atoms with Gasteiger partial charge in [-0.05, 0) is 19.3 Å². The molecule has 4 heteroatoms. The number of hydrogen-bond acceptors (Lipinski definition) is 2. The third-order valence-corrected chi connectivity index (χ3v) is 4.97. The Morgan fingerprint density at radius 1 is 1.13 bits per heavy atom. The molecule has 2 aliphatic carbocycles. The zero-order chi connectivity index (χ0) is 16.1. The highest BCUT2D eigenvalue weighted by molar-refractivity contribution is 6.26. The molecule has 0 saturated heterocycles. The number of nitrogens with zero attached hydrogens (tertiary/aromatic N) is 2. The van der Waals surface area contributed by atoms with E-state index in [1.807, 2.05) is 19.1 Å². The number of ketones is 2. The third kappa shape index (κ3) is 2.01. The van der Waals surface area contributed by atoms with Crippen molar-refractivity contribution in [2.75, 3.05) is 0 Å². The van der Waals surface area contributed by atoms with E-state index < -0.39 is 0 Å². The van der Waals surface area contributed by atoms with E-state index in [0.717, 1.165) is 38.1 Å². The minimum absolute atomic E-state index is 0.000415. The number of aromatic nitrogens is 2. The lowest BCUT2D eigenvalue weighted by atomic mass is 9.90. The first-order valence-electron chi connectivity index (χ1n) is 8.48. The highest BCUT2D eigenvalue weighted by Crippen LogP contribution is 2.39. The summed E-state index contributed by atoms with van der Waals surface area (Å²) in [7, 11) is 0. The predicted octanol–water partition coefficient (Wildman–Crippen LogP) is 2.99. The first-order chi connectivity index (χ1) is 11.1. The van der Waals surface area contributed by atoms with Crippen molar-refractivity contribution in [3.8, 4) is 0 Å². The summed E-state index contributed by atoms with van der Waals surface area (Å²) < 4.78 is 4.20. The van der Waals surface area contributed by atoms with Crippen molar-refractivity contribution < 1.29 is 14.2 Å². The van der Waals surface area contributed by atoms with Crippen molar-refractivity contribution in [3.05, 3.63) is 52.6 Å². The maximum Gasteiger partial charge on any atom is 0.254 e. The van der Waals surface area contributed by atoms with Crippen LogP contribution in [0.5, 0.6) is 0 Å². The Bertz CT molecular complexity index is 828. The number of imidazole rings is 1. The molecule has 0 atom stereocenters. The third-order valence-electron chi connectivity index (χ3n) is 4.97. The van der Waals surface area contributed by atoms with Crippen molar-refractivity contribution in [1.29, 1.82) is 0 Å². The summed E-state index contributed by atoms with van der Waals surface area (Å²) >= 11 is 0. The van der Waals surface area contributed by atoms with E-state index in [1.54, 1.807) is 12.1 Å². The first-order valence-corrected chi connectivity index (χ1v) is 8.48. The van der Waals surface area contributed by atoms with Gasteiger partial charge in [0.15, 0.2) is 0 Å². The zero-order valence-corrected chi connectivity index (χ0v) is 13.6. The van der Waals surface area contributed by atoms with Crippen LogP contribution in [-0.2, 0) is 6.54 Å². The van der Waals surface area contributed by atoms with Crippen molar-refractivity contribution in [3.63, 3.8) is 0 Å². The van der Waals surface area contributed by atoms with Gasteiger partial charge < -0.3 is 0 Å². The maximum absolute atomic E-state index is 13.1. The average Bonchev–Trinajstić information content (AvgIpc) is 3.35. The molecule has 0 bridgehead atoms. The molecular weight excluding hydrogens is 288 g/mol. The van der Waals surface area contributed by atoms with Gasteiger partial charge in [0.2, 0.25) is 23.0 Å². The van der Waals surface area contributed by atoms with E-state index in [2.05, 4.69) is 16.1 Å². The van der Waals surface area contributed by atoms with Gasteiger partial charge in [-0.1, -0.05) is 37.6 Å². The van der Waals surface area contributed by atoms with Crippen LogP contribution in [0.2, 0.25) is 0 Å². The molecule has 1 fully saturated rings. The van der Waals surface area contributed by atoms with Gasteiger partial charge in [0.1, 0.15) is 6.04 Å². The summed E-state index contributed by atoms with van der Waals surface area (Å²) in [5.41, 5.74) is 2.31. The first kappa shape index (κ1) is 14.4. The minimum Gasteiger partial charge on any atom is -0.284 e. The Morgan fingerprint density at radius 3 is 2.39 bits per heavy atom. The highest BCUT2D eigenvalue weighted by atomic mass is 16.1. The predicted molar refractivity (Wildman–Crippen MR) is 85.9 cm³/mol. The van der Waals surface area contributed by atoms with Gasteiger partial charge in [0, 0.05) is 18.1 Å². The normalized spacial score (nSPS) is 16.4. The fraction of sp³-hybridized carbons (Fsp3) is 0.421. The van der Waals surface area contributed by atoms with Crippen LogP contribution < -0.4 is 4.57 Å². The average molecular weight is 309 g/mol. The molecule has 1 saturated carbocycles. The van der Waals surface area contributed by atoms with Crippen LogP contribution in [0.25, 0.3) is 0 Å². The van der Waals surface area contributed by atoms with Crippen LogP contribution in [-0.4, -0.2) is 16.1 Å². The topological polar surface area (TPSA) is 43.0 Å². The van der Waals surface area contributed by atoms with Crippen molar-refractivity contribution in [1.82, 2.24) is 4.57 Å². The molecule has 4 rings (SSSR count). The largest absolute Gasteiger partial charge is 0.284 e. The van der Waals surface area contributed by atoms with E-state index >= 15 is 0 Å². The smallest absolute Gasteiger partial charge is 0.254 e. The highest BCUT2D eigenvalue weighted by Gasteiger charge is 2.46. The Kier molecular flexibility index (Phi) is 3.22. The van der Waals surface area contributed by atoms with Gasteiger partial charge in [-0.2, -0.15) is 0 Å². The Morgan fingerprint density at radius 2 is 1.78 bits per heavy atom. The molecular formula is C19H21N2O2+. The van der Waals surface area contributed by atoms with Crippen LogP contribution in [0, 0.1) is 6.92 Å². The quantitative estimate of drug-likeness (QED) is 0.695. The molecule has 1 heterocycles. The summed E-state index contributed by atoms with van der Waals surface area (Å²) in [6.45, 7) is 4.98. The summed E-state index contributed by atoms with van der Waals surface area (Å²) in [6.07, 6.45) is 4.27. The van der Waals surface area contributed by atoms with Crippen LogP contribution in [0.3, 0.4) is 0 Å². The van der Waals surface area contributed by atoms with Crippen LogP contribution in [0.15, 0.2) is 24.3 Å². The van der Waals surface area contributed by atoms with Gasteiger partial charge in [0.05, 0.1) is 6.54 Å². The molecule has 0 radical (unpaired) electrons. The van der Waals surface area contributed by atoms with Gasteiger partial charge in [-0.15, -0.1) is 0 Å². The molecule has 2 aromatic rings. The monoisotopic (exact) mass is 309 g/mol. The van der Waals surface area contributed by atoms with Crippen molar-refractivity contribution in [2.24, 2.45) is 0 Å². The molecule has 0 N–H and O–H groups in total. The molecule has 23 heavy (non-hydrogen) atoms. The van der Waals surface area contributed by atoms with Crippen molar-refractivity contribution in [2.45, 2.75) is 52.1 Å². The number of unbranched alkanes of at least 4 members (excludes halogenated alkanes) is 1. The number of benzene rings is 1. The molecule has 0 aliphatic heterocycles. The van der Waals surface area contributed by atoms with E-state index in [9.17, 15) is 9.59 Å².